The number of rotatable bonds is 6. The summed E-state index contributed by atoms with van der Waals surface area (Å²) in [5, 5.41) is 4.37. The SMILES string of the molecule is CCC(C)NC(=O)c1cn(C2CCCC2)cc(C(=O)NCC(F)(F)F)c1=O. The quantitative estimate of drug-likeness (QED) is 0.788. The molecule has 1 fully saturated rings. The topological polar surface area (TPSA) is 80.2 Å². The number of carbonyl (C=O) groups is 2. The minimum atomic E-state index is -4.59. The Hall–Kier alpha value is -2.32. The van der Waals surface area contributed by atoms with Crippen LogP contribution in [-0.4, -0.2) is 35.1 Å². The van der Waals surface area contributed by atoms with E-state index in [0.717, 1.165) is 25.7 Å². The Bertz CT molecular complexity index is 752. The van der Waals surface area contributed by atoms with Gasteiger partial charge in [0.15, 0.2) is 0 Å². The third-order valence-corrected chi connectivity index (χ3v) is 4.72. The van der Waals surface area contributed by atoms with Gasteiger partial charge < -0.3 is 15.2 Å². The Morgan fingerprint density at radius 1 is 1.19 bits per heavy atom. The van der Waals surface area contributed by atoms with Crippen LogP contribution in [0.25, 0.3) is 0 Å². The van der Waals surface area contributed by atoms with Crippen molar-refractivity contribution in [2.75, 3.05) is 6.54 Å². The molecule has 150 valence electrons. The van der Waals surface area contributed by atoms with Crippen LogP contribution in [0.1, 0.15) is 72.7 Å². The lowest BCUT2D eigenvalue weighted by molar-refractivity contribution is -0.123. The molecule has 9 heteroatoms. The van der Waals surface area contributed by atoms with Crippen molar-refractivity contribution in [2.24, 2.45) is 0 Å². The van der Waals surface area contributed by atoms with Crippen molar-refractivity contribution in [1.29, 1.82) is 0 Å². The Labute approximate surface area is 155 Å². The van der Waals surface area contributed by atoms with Gasteiger partial charge in [0.05, 0.1) is 0 Å². The first-order valence-corrected chi connectivity index (χ1v) is 9.04. The minimum Gasteiger partial charge on any atom is -0.349 e. The summed E-state index contributed by atoms with van der Waals surface area (Å²) in [4.78, 5) is 37.2. The lowest BCUT2D eigenvalue weighted by Gasteiger charge is -2.18. The normalized spacial score (nSPS) is 16.2. The van der Waals surface area contributed by atoms with Crippen molar-refractivity contribution < 1.29 is 22.8 Å². The summed E-state index contributed by atoms with van der Waals surface area (Å²) in [6.45, 7) is 2.09. The number of hydrogen-bond donors (Lipinski definition) is 2. The molecule has 1 unspecified atom stereocenters. The standard InChI is InChI=1S/C18H24F3N3O3/c1-3-11(2)23-17(27)14-9-24(12-6-4-5-7-12)8-13(15(14)25)16(26)22-10-18(19,20)21/h8-9,11-12H,3-7,10H2,1-2H3,(H,22,26)(H,23,27). The van der Waals surface area contributed by atoms with Crippen LogP contribution < -0.4 is 16.1 Å². The number of carbonyl (C=O) groups excluding carboxylic acids is 2. The molecule has 1 aromatic heterocycles. The number of alkyl halides is 3. The van der Waals surface area contributed by atoms with Gasteiger partial charge in [-0.2, -0.15) is 13.2 Å². The zero-order valence-corrected chi connectivity index (χ0v) is 15.4. The molecule has 1 saturated carbocycles. The fourth-order valence-corrected chi connectivity index (χ4v) is 3.01. The molecular formula is C18H24F3N3O3. The molecule has 2 N–H and O–H groups in total. The molecule has 0 bridgehead atoms. The monoisotopic (exact) mass is 387 g/mol. The lowest BCUT2D eigenvalue weighted by atomic mass is 10.1. The Morgan fingerprint density at radius 2 is 1.74 bits per heavy atom. The second-order valence-electron chi connectivity index (χ2n) is 6.88. The number of pyridine rings is 1. The first-order chi connectivity index (χ1) is 12.6. The van der Waals surface area contributed by atoms with Crippen LogP contribution in [-0.2, 0) is 0 Å². The van der Waals surface area contributed by atoms with E-state index >= 15 is 0 Å². The Morgan fingerprint density at radius 3 is 2.26 bits per heavy atom. The van der Waals surface area contributed by atoms with Crippen molar-refractivity contribution in [2.45, 2.75) is 64.2 Å². The van der Waals surface area contributed by atoms with Crippen LogP contribution in [0.5, 0.6) is 0 Å². The van der Waals surface area contributed by atoms with Crippen LogP contribution in [0.2, 0.25) is 0 Å². The summed E-state index contributed by atoms with van der Waals surface area (Å²) in [5.74, 6) is -1.77. The maximum absolute atomic E-state index is 12.6. The van der Waals surface area contributed by atoms with Crippen LogP contribution in [0, 0.1) is 0 Å². The van der Waals surface area contributed by atoms with Gasteiger partial charge in [-0.3, -0.25) is 14.4 Å². The van der Waals surface area contributed by atoms with Gasteiger partial charge in [-0.05, 0) is 26.2 Å². The van der Waals surface area contributed by atoms with E-state index in [1.54, 1.807) is 16.8 Å². The van der Waals surface area contributed by atoms with E-state index in [9.17, 15) is 27.6 Å². The summed E-state index contributed by atoms with van der Waals surface area (Å²) in [6, 6.07) is -0.172. The number of nitrogens with zero attached hydrogens (tertiary/aromatic N) is 1. The molecule has 1 aromatic rings. The molecule has 1 atom stereocenters. The van der Waals surface area contributed by atoms with Gasteiger partial charge >= 0.3 is 6.18 Å². The van der Waals surface area contributed by atoms with E-state index in [2.05, 4.69) is 5.32 Å². The average Bonchev–Trinajstić information content (AvgIpc) is 3.13. The molecule has 0 radical (unpaired) electrons. The highest BCUT2D eigenvalue weighted by Gasteiger charge is 2.29. The van der Waals surface area contributed by atoms with Crippen molar-refractivity contribution in [3.8, 4) is 0 Å². The molecule has 1 heterocycles. The van der Waals surface area contributed by atoms with Gasteiger partial charge in [-0.1, -0.05) is 19.8 Å². The van der Waals surface area contributed by atoms with Crippen molar-refractivity contribution >= 4 is 11.8 Å². The maximum atomic E-state index is 12.6. The minimum absolute atomic E-state index is 0.00918. The molecule has 27 heavy (non-hydrogen) atoms. The number of hydrogen-bond acceptors (Lipinski definition) is 3. The summed E-state index contributed by atoms with van der Waals surface area (Å²) >= 11 is 0. The highest BCUT2D eigenvalue weighted by Crippen LogP contribution is 2.29. The van der Waals surface area contributed by atoms with Gasteiger partial charge in [-0.25, -0.2) is 0 Å². The molecule has 2 amide bonds. The molecule has 0 saturated heterocycles. The molecule has 0 aliphatic heterocycles. The second-order valence-corrected chi connectivity index (χ2v) is 6.88. The molecule has 6 nitrogen and oxygen atoms in total. The lowest BCUT2D eigenvalue weighted by Crippen LogP contribution is -2.40. The number of aromatic nitrogens is 1. The molecule has 1 aliphatic carbocycles. The Balaban J connectivity index is 2.40. The van der Waals surface area contributed by atoms with Crippen molar-refractivity contribution in [3.05, 3.63) is 33.7 Å². The third kappa shape index (κ3) is 5.58. The van der Waals surface area contributed by atoms with E-state index in [4.69, 9.17) is 0 Å². The fourth-order valence-electron chi connectivity index (χ4n) is 3.01. The van der Waals surface area contributed by atoms with E-state index in [0.29, 0.717) is 6.42 Å². The predicted molar refractivity (Wildman–Crippen MR) is 93.8 cm³/mol. The van der Waals surface area contributed by atoms with Crippen molar-refractivity contribution in [3.63, 3.8) is 0 Å². The average molecular weight is 387 g/mol. The van der Waals surface area contributed by atoms with Gasteiger partial charge in [0, 0.05) is 24.5 Å². The highest BCUT2D eigenvalue weighted by molar-refractivity contribution is 5.99. The summed E-state index contributed by atoms with van der Waals surface area (Å²) in [5.41, 5.74) is -1.56. The largest absolute Gasteiger partial charge is 0.405 e. The maximum Gasteiger partial charge on any atom is 0.405 e. The number of halogens is 3. The second kappa shape index (κ2) is 8.58. The molecule has 1 aliphatic rings. The third-order valence-electron chi connectivity index (χ3n) is 4.72. The Kier molecular flexibility index (Phi) is 6.67. The fraction of sp³-hybridized carbons (Fsp3) is 0.611. The van der Waals surface area contributed by atoms with Crippen molar-refractivity contribution in [1.82, 2.24) is 15.2 Å². The van der Waals surface area contributed by atoms with Gasteiger partial charge in [0.25, 0.3) is 11.8 Å². The predicted octanol–water partition coefficient (Wildman–Crippen LogP) is 2.78. The summed E-state index contributed by atoms with van der Waals surface area (Å²) in [7, 11) is 0. The summed E-state index contributed by atoms with van der Waals surface area (Å²) in [6.07, 6.45) is 2.29. The number of amides is 2. The molecule has 0 aromatic carbocycles. The van der Waals surface area contributed by atoms with Crippen LogP contribution in [0.15, 0.2) is 17.2 Å². The zero-order chi connectivity index (χ0) is 20.2. The zero-order valence-electron chi connectivity index (χ0n) is 15.4. The smallest absolute Gasteiger partial charge is 0.349 e. The number of nitrogens with one attached hydrogen (secondary N) is 2. The molecule has 2 rings (SSSR count). The summed E-state index contributed by atoms with van der Waals surface area (Å²) < 4.78 is 38.8. The van der Waals surface area contributed by atoms with E-state index < -0.39 is 35.5 Å². The molecule has 0 spiro atoms. The van der Waals surface area contributed by atoms with Crippen LogP contribution in [0.3, 0.4) is 0 Å². The van der Waals surface area contributed by atoms with Gasteiger partial charge in [0.1, 0.15) is 17.7 Å². The van der Waals surface area contributed by atoms with E-state index in [1.807, 2.05) is 6.92 Å². The first-order valence-electron chi connectivity index (χ1n) is 9.04. The van der Waals surface area contributed by atoms with E-state index in [-0.39, 0.29) is 17.6 Å². The highest BCUT2D eigenvalue weighted by atomic mass is 19.4. The van der Waals surface area contributed by atoms with E-state index in [1.165, 1.54) is 12.4 Å². The van der Waals surface area contributed by atoms with Gasteiger partial charge in [0.2, 0.25) is 5.43 Å². The molecular weight excluding hydrogens is 363 g/mol. The van der Waals surface area contributed by atoms with Crippen LogP contribution >= 0.6 is 0 Å². The first kappa shape index (κ1) is 21.0. The van der Waals surface area contributed by atoms with Gasteiger partial charge in [-0.15, -0.1) is 0 Å². The van der Waals surface area contributed by atoms with Crippen LogP contribution in [0.4, 0.5) is 13.2 Å².